The first-order chi connectivity index (χ1) is 7.18. The van der Waals surface area contributed by atoms with Crippen molar-refractivity contribution < 1.29 is 0 Å². The van der Waals surface area contributed by atoms with Crippen molar-refractivity contribution >= 4 is 23.7 Å². The first-order valence-electron chi connectivity index (χ1n) is 5.04. The van der Waals surface area contributed by atoms with Crippen LogP contribution in [0.4, 0.5) is 0 Å². The molecule has 0 spiro atoms. The van der Waals surface area contributed by atoms with Crippen LogP contribution in [-0.2, 0) is 0 Å². The molecule has 1 nitrogen and oxygen atoms in total. The average molecular weight is 254 g/mol. The molecule has 3 heteroatoms. The predicted molar refractivity (Wildman–Crippen MR) is 73.5 cm³/mol. The molecule has 0 amide bonds. The first kappa shape index (κ1) is 13.2. The largest absolute Gasteiger partial charge is 0.320 e. The number of hydrogen-bond donors (Lipinski definition) is 1. The standard InChI is InChI=1S/C13H15NS.ClH/c1-9-5-6-10(2)11(8-9)13(14)12-4-3-7-15-12;/h3-8,13H,14H2,1-2H3;1H/t13-;/m0./s1. The van der Waals surface area contributed by atoms with E-state index in [1.165, 1.54) is 21.6 Å². The van der Waals surface area contributed by atoms with Crippen molar-refractivity contribution in [3.63, 3.8) is 0 Å². The molecule has 0 radical (unpaired) electrons. The Bertz CT molecular complexity index is 451. The van der Waals surface area contributed by atoms with Crippen LogP contribution in [0.15, 0.2) is 35.7 Å². The molecule has 1 atom stereocenters. The van der Waals surface area contributed by atoms with Gasteiger partial charge in [0.1, 0.15) is 0 Å². The van der Waals surface area contributed by atoms with Gasteiger partial charge in [0, 0.05) is 4.88 Å². The first-order valence-corrected chi connectivity index (χ1v) is 5.92. The third kappa shape index (κ3) is 2.64. The Morgan fingerprint density at radius 3 is 2.56 bits per heavy atom. The van der Waals surface area contributed by atoms with Gasteiger partial charge in [-0.1, -0.05) is 29.8 Å². The van der Waals surface area contributed by atoms with Crippen LogP contribution < -0.4 is 5.73 Å². The molecule has 0 saturated heterocycles. The summed E-state index contributed by atoms with van der Waals surface area (Å²) in [5.74, 6) is 0. The Kier molecular flexibility index (Phi) is 4.54. The van der Waals surface area contributed by atoms with Crippen molar-refractivity contribution in [2.24, 2.45) is 5.73 Å². The Morgan fingerprint density at radius 2 is 1.94 bits per heavy atom. The molecule has 86 valence electrons. The lowest BCUT2D eigenvalue weighted by Crippen LogP contribution is -2.11. The Hall–Kier alpha value is -0.830. The number of rotatable bonds is 2. The summed E-state index contributed by atoms with van der Waals surface area (Å²) < 4.78 is 0. The van der Waals surface area contributed by atoms with Crippen LogP contribution >= 0.6 is 23.7 Å². The highest BCUT2D eigenvalue weighted by Gasteiger charge is 2.11. The monoisotopic (exact) mass is 253 g/mol. The maximum absolute atomic E-state index is 6.24. The quantitative estimate of drug-likeness (QED) is 0.865. The molecule has 0 saturated carbocycles. The van der Waals surface area contributed by atoms with Gasteiger partial charge in [-0.3, -0.25) is 0 Å². The maximum Gasteiger partial charge on any atom is 0.0648 e. The number of benzene rings is 1. The van der Waals surface area contributed by atoms with Crippen LogP contribution in [0.3, 0.4) is 0 Å². The molecule has 2 N–H and O–H groups in total. The van der Waals surface area contributed by atoms with Gasteiger partial charge >= 0.3 is 0 Å². The molecule has 0 aliphatic rings. The van der Waals surface area contributed by atoms with Crippen LogP contribution in [0.5, 0.6) is 0 Å². The number of hydrogen-bond acceptors (Lipinski definition) is 2. The summed E-state index contributed by atoms with van der Waals surface area (Å²) >= 11 is 1.72. The molecule has 2 rings (SSSR count). The van der Waals surface area contributed by atoms with Gasteiger partial charge in [0.25, 0.3) is 0 Å². The molecule has 1 aromatic heterocycles. The topological polar surface area (TPSA) is 26.0 Å². The molecule has 0 aliphatic carbocycles. The normalized spacial score (nSPS) is 11.9. The van der Waals surface area contributed by atoms with Gasteiger partial charge in [-0.25, -0.2) is 0 Å². The highest BCUT2D eigenvalue weighted by atomic mass is 35.5. The van der Waals surface area contributed by atoms with E-state index in [1.807, 2.05) is 6.07 Å². The van der Waals surface area contributed by atoms with E-state index in [0.717, 1.165) is 0 Å². The number of halogens is 1. The van der Waals surface area contributed by atoms with Crippen LogP contribution in [-0.4, -0.2) is 0 Å². The average Bonchev–Trinajstić information content (AvgIpc) is 2.74. The lowest BCUT2D eigenvalue weighted by Gasteiger charge is -2.13. The molecule has 0 bridgehead atoms. The van der Waals surface area contributed by atoms with Gasteiger partial charge in [0.05, 0.1) is 6.04 Å². The van der Waals surface area contributed by atoms with Crippen molar-refractivity contribution in [1.82, 2.24) is 0 Å². The van der Waals surface area contributed by atoms with E-state index in [4.69, 9.17) is 5.73 Å². The lowest BCUT2D eigenvalue weighted by atomic mass is 9.98. The zero-order valence-corrected chi connectivity index (χ0v) is 11.1. The van der Waals surface area contributed by atoms with Gasteiger partial charge in [-0.05, 0) is 36.4 Å². The second-order valence-electron chi connectivity index (χ2n) is 3.85. The second kappa shape index (κ2) is 5.48. The summed E-state index contributed by atoms with van der Waals surface area (Å²) in [6.45, 7) is 4.21. The van der Waals surface area contributed by atoms with Crippen LogP contribution in [0.1, 0.15) is 27.6 Å². The van der Waals surface area contributed by atoms with Crippen molar-refractivity contribution in [3.05, 3.63) is 57.3 Å². The Labute approximate surface area is 107 Å². The van der Waals surface area contributed by atoms with Crippen LogP contribution in [0, 0.1) is 13.8 Å². The molecule has 0 fully saturated rings. The van der Waals surface area contributed by atoms with Crippen molar-refractivity contribution in [2.45, 2.75) is 19.9 Å². The van der Waals surface area contributed by atoms with Gasteiger partial charge in [0.15, 0.2) is 0 Å². The van der Waals surface area contributed by atoms with E-state index in [2.05, 4.69) is 43.5 Å². The summed E-state index contributed by atoms with van der Waals surface area (Å²) in [4.78, 5) is 1.23. The zero-order valence-electron chi connectivity index (χ0n) is 9.44. The minimum Gasteiger partial charge on any atom is -0.320 e. The highest BCUT2D eigenvalue weighted by Crippen LogP contribution is 2.26. The predicted octanol–water partition coefficient (Wildman–Crippen LogP) is 3.83. The zero-order chi connectivity index (χ0) is 10.8. The smallest absolute Gasteiger partial charge is 0.0648 e. The molecular formula is C13H16ClNS. The fourth-order valence-corrected chi connectivity index (χ4v) is 2.46. The van der Waals surface area contributed by atoms with Crippen LogP contribution in [0.2, 0.25) is 0 Å². The fraction of sp³-hybridized carbons (Fsp3) is 0.231. The van der Waals surface area contributed by atoms with E-state index in [1.54, 1.807) is 11.3 Å². The molecule has 2 aromatic rings. The molecule has 0 aliphatic heterocycles. The fourth-order valence-electron chi connectivity index (χ4n) is 1.72. The molecule has 1 heterocycles. The molecule has 1 aromatic carbocycles. The highest BCUT2D eigenvalue weighted by molar-refractivity contribution is 7.10. The summed E-state index contributed by atoms with van der Waals surface area (Å²) in [5, 5.41) is 2.07. The van der Waals surface area contributed by atoms with E-state index < -0.39 is 0 Å². The third-order valence-electron chi connectivity index (χ3n) is 2.62. The Balaban J connectivity index is 0.00000128. The minimum absolute atomic E-state index is 0. The van der Waals surface area contributed by atoms with E-state index >= 15 is 0 Å². The second-order valence-corrected chi connectivity index (χ2v) is 4.83. The molecule has 0 unspecified atom stereocenters. The molecule has 16 heavy (non-hydrogen) atoms. The van der Waals surface area contributed by atoms with Gasteiger partial charge in [-0.15, -0.1) is 23.7 Å². The number of thiophene rings is 1. The van der Waals surface area contributed by atoms with Gasteiger partial charge in [-0.2, -0.15) is 0 Å². The number of aryl methyl sites for hydroxylation is 2. The maximum atomic E-state index is 6.24. The van der Waals surface area contributed by atoms with Gasteiger partial charge < -0.3 is 5.73 Å². The van der Waals surface area contributed by atoms with E-state index in [-0.39, 0.29) is 18.4 Å². The summed E-state index contributed by atoms with van der Waals surface area (Å²) in [5.41, 5.74) is 10.0. The summed E-state index contributed by atoms with van der Waals surface area (Å²) in [6.07, 6.45) is 0. The van der Waals surface area contributed by atoms with Crippen molar-refractivity contribution in [2.75, 3.05) is 0 Å². The SMILES string of the molecule is Cc1ccc(C)c([C@H](N)c2cccs2)c1.Cl. The van der Waals surface area contributed by atoms with Crippen molar-refractivity contribution in [1.29, 1.82) is 0 Å². The minimum atomic E-state index is 0. The Morgan fingerprint density at radius 1 is 1.19 bits per heavy atom. The summed E-state index contributed by atoms with van der Waals surface area (Å²) in [6, 6.07) is 10.6. The van der Waals surface area contributed by atoms with E-state index in [9.17, 15) is 0 Å². The van der Waals surface area contributed by atoms with Crippen molar-refractivity contribution in [3.8, 4) is 0 Å². The lowest BCUT2D eigenvalue weighted by molar-refractivity contribution is 0.880. The molecular weight excluding hydrogens is 238 g/mol. The number of nitrogens with two attached hydrogens (primary N) is 1. The van der Waals surface area contributed by atoms with Crippen LogP contribution in [0.25, 0.3) is 0 Å². The van der Waals surface area contributed by atoms with E-state index in [0.29, 0.717) is 0 Å². The summed E-state index contributed by atoms with van der Waals surface area (Å²) in [7, 11) is 0. The van der Waals surface area contributed by atoms with Gasteiger partial charge in [0.2, 0.25) is 0 Å². The third-order valence-corrected chi connectivity index (χ3v) is 3.57.